The van der Waals surface area contributed by atoms with E-state index in [1.807, 2.05) is 19.6 Å². The summed E-state index contributed by atoms with van der Waals surface area (Å²) in [5, 5.41) is 0. The average Bonchev–Trinajstić information content (AvgIpc) is 2.06. The van der Waals surface area contributed by atoms with Crippen molar-refractivity contribution in [2.75, 3.05) is 21.3 Å². The van der Waals surface area contributed by atoms with E-state index in [-0.39, 0.29) is 0 Å². The normalized spacial score (nSPS) is 13.4. The molecule has 0 heterocycles. The summed E-state index contributed by atoms with van der Waals surface area (Å²) in [5.41, 5.74) is 0. The number of rotatable bonds is 6. The zero-order valence-corrected chi connectivity index (χ0v) is 11.0. The first kappa shape index (κ1) is 13.2. The third kappa shape index (κ3) is 4.86. The van der Waals surface area contributed by atoms with Gasteiger partial charge in [0.25, 0.3) is 0 Å². The van der Waals surface area contributed by atoms with Crippen LogP contribution in [0.2, 0.25) is 19.6 Å². The first-order chi connectivity index (χ1) is 5.89. The Morgan fingerprint density at radius 2 is 1.08 bits per heavy atom. The first-order valence-electron chi connectivity index (χ1n) is 3.91. The molecule has 0 N–H and O–H groups in total. The maximum absolute atomic E-state index is 5.19. The van der Waals surface area contributed by atoms with Crippen molar-refractivity contribution in [2.24, 2.45) is 0 Å². The van der Waals surface area contributed by atoms with E-state index in [4.69, 9.17) is 22.4 Å². The fourth-order valence-corrected chi connectivity index (χ4v) is 2.64. The number of hydrogen-bond donors (Lipinski definition) is 0. The molecule has 0 amide bonds. The van der Waals surface area contributed by atoms with Gasteiger partial charge in [-0.2, -0.15) is 0 Å². The molecule has 0 aromatic heterocycles. The summed E-state index contributed by atoms with van der Waals surface area (Å²) in [5.74, 6) is 0. The Kier molecular flexibility index (Phi) is 5.29. The Labute approximate surface area is 81.4 Å². The zero-order valence-electron chi connectivity index (χ0n) is 9.04. The fourth-order valence-electron chi connectivity index (χ4n) is 0.528. The van der Waals surface area contributed by atoms with Gasteiger partial charge in [0.2, 0.25) is 8.32 Å². The fraction of sp³-hybridized carbons (Fsp3) is 1.00. The van der Waals surface area contributed by atoms with Crippen LogP contribution in [0.3, 0.4) is 0 Å². The van der Waals surface area contributed by atoms with Crippen molar-refractivity contribution < 1.29 is 22.4 Å². The molecule has 0 aliphatic heterocycles. The quantitative estimate of drug-likeness (QED) is 0.386. The van der Waals surface area contributed by atoms with Crippen LogP contribution in [-0.2, 0) is 22.4 Å². The van der Waals surface area contributed by atoms with E-state index in [1.165, 1.54) is 21.3 Å². The Bertz CT molecular complexity index is 134. The standard InChI is InChI=1S/C6H18O5Si2/c1-7-13(8-2,9-3)11-10-12(4,5)6/h1-6H3. The lowest BCUT2D eigenvalue weighted by atomic mass is 11.8. The van der Waals surface area contributed by atoms with E-state index in [9.17, 15) is 0 Å². The Morgan fingerprint density at radius 1 is 0.692 bits per heavy atom. The van der Waals surface area contributed by atoms with E-state index >= 15 is 0 Å². The van der Waals surface area contributed by atoms with Gasteiger partial charge < -0.3 is 13.3 Å². The SMILES string of the molecule is CO[Si](OC)(OC)OO[Si](C)(C)C. The van der Waals surface area contributed by atoms with Gasteiger partial charge in [-0.25, -0.2) is 4.58 Å². The van der Waals surface area contributed by atoms with Gasteiger partial charge in [0.05, 0.1) is 0 Å². The molecule has 5 nitrogen and oxygen atoms in total. The predicted molar refractivity (Wildman–Crippen MR) is 52.3 cm³/mol. The molecule has 0 atom stereocenters. The molecule has 0 saturated carbocycles. The van der Waals surface area contributed by atoms with Crippen LogP contribution < -0.4 is 0 Å². The maximum atomic E-state index is 5.19. The van der Waals surface area contributed by atoms with Crippen LogP contribution in [0.5, 0.6) is 0 Å². The molecular formula is C6H18O5Si2. The summed E-state index contributed by atoms with van der Waals surface area (Å²) in [6.07, 6.45) is 0. The van der Waals surface area contributed by atoms with Crippen LogP contribution in [0.1, 0.15) is 0 Å². The Morgan fingerprint density at radius 3 is 1.31 bits per heavy atom. The van der Waals surface area contributed by atoms with E-state index in [1.54, 1.807) is 0 Å². The molecule has 0 aliphatic carbocycles. The molecule has 0 aliphatic rings. The zero-order chi connectivity index (χ0) is 10.5. The second kappa shape index (κ2) is 5.20. The van der Waals surface area contributed by atoms with Gasteiger partial charge in [0, 0.05) is 21.3 Å². The van der Waals surface area contributed by atoms with Crippen LogP contribution in [0, 0.1) is 0 Å². The molecule has 0 saturated heterocycles. The highest BCUT2D eigenvalue weighted by molar-refractivity contribution is 6.70. The minimum Gasteiger partial charge on any atom is -0.353 e. The minimum absolute atomic E-state index is 1.47. The van der Waals surface area contributed by atoms with Crippen LogP contribution in [0.15, 0.2) is 0 Å². The third-order valence-electron chi connectivity index (χ3n) is 1.14. The molecule has 7 heteroatoms. The largest absolute Gasteiger partial charge is 0.706 e. The molecule has 13 heavy (non-hydrogen) atoms. The van der Waals surface area contributed by atoms with Crippen molar-refractivity contribution in [1.29, 1.82) is 0 Å². The molecule has 0 fully saturated rings. The van der Waals surface area contributed by atoms with Crippen LogP contribution >= 0.6 is 0 Å². The Hall–Kier alpha value is 0.234. The lowest BCUT2D eigenvalue weighted by Crippen LogP contribution is -2.48. The summed E-state index contributed by atoms with van der Waals surface area (Å²) in [4.78, 5) is 0. The lowest BCUT2D eigenvalue weighted by molar-refractivity contribution is -0.199. The molecule has 0 rings (SSSR count). The van der Waals surface area contributed by atoms with Crippen molar-refractivity contribution in [3.63, 3.8) is 0 Å². The molecule has 0 aromatic carbocycles. The molecule has 0 bridgehead atoms. The number of hydrogen-bond acceptors (Lipinski definition) is 5. The van der Waals surface area contributed by atoms with Crippen molar-refractivity contribution in [3.8, 4) is 0 Å². The van der Waals surface area contributed by atoms with Crippen molar-refractivity contribution in [1.82, 2.24) is 0 Å². The summed E-state index contributed by atoms with van der Waals surface area (Å²) >= 11 is 0. The van der Waals surface area contributed by atoms with E-state index in [2.05, 4.69) is 0 Å². The lowest BCUT2D eigenvalue weighted by Gasteiger charge is -2.25. The van der Waals surface area contributed by atoms with Crippen LogP contribution in [-0.4, -0.2) is 38.7 Å². The summed E-state index contributed by atoms with van der Waals surface area (Å²) < 4.78 is 25.3. The second-order valence-electron chi connectivity index (χ2n) is 3.39. The highest BCUT2D eigenvalue weighted by atomic mass is 28.4. The van der Waals surface area contributed by atoms with Crippen molar-refractivity contribution in [2.45, 2.75) is 19.6 Å². The van der Waals surface area contributed by atoms with E-state index in [0.717, 1.165) is 0 Å². The molecular weight excluding hydrogens is 208 g/mol. The van der Waals surface area contributed by atoms with Crippen LogP contribution in [0.4, 0.5) is 0 Å². The van der Waals surface area contributed by atoms with Crippen molar-refractivity contribution in [3.05, 3.63) is 0 Å². The molecule has 0 aromatic rings. The average molecular weight is 226 g/mol. The first-order valence-corrected chi connectivity index (χ1v) is 8.95. The van der Waals surface area contributed by atoms with Crippen LogP contribution in [0.25, 0.3) is 0 Å². The van der Waals surface area contributed by atoms with Gasteiger partial charge in [-0.1, -0.05) is 0 Å². The Balaban J connectivity index is 4.11. The molecule has 0 spiro atoms. The van der Waals surface area contributed by atoms with Gasteiger partial charge in [0.15, 0.2) is 0 Å². The van der Waals surface area contributed by atoms with Gasteiger partial charge in [-0.3, -0.25) is 4.58 Å². The smallest absolute Gasteiger partial charge is 0.353 e. The summed E-state index contributed by atoms with van der Waals surface area (Å²) in [7, 11) is -0.363. The minimum atomic E-state index is -3.01. The van der Waals surface area contributed by atoms with E-state index < -0.39 is 17.4 Å². The van der Waals surface area contributed by atoms with Gasteiger partial charge in [-0.15, -0.1) is 0 Å². The van der Waals surface area contributed by atoms with E-state index in [0.29, 0.717) is 0 Å². The molecule has 80 valence electrons. The highest BCUT2D eigenvalue weighted by Crippen LogP contribution is 2.12. The predicted octanol–water partition coefficient (Wildman–Crippen LogP) is 1.14. The topological polar surface area (TPSA) is 46.2 Å². The second-order valence-corrected chi connectivity index (χ2v) is 10.2. The monoisotopic (exact) mass is 226 g/mol. The van der Waals surface area contributed by atoms with Gasteiger partial charge in [0.1, 0.15) is 0 Å². The summed E-state index contributed by atoms with van der Waals surface area (Å²) in [6.45, 7) is 5.98. The molecule has 0 radical (unpaired) electrons. The summed E-state index contributed by atoms with van der Waals surface area (Å²) in [6, 6.07) is 0. The van der Waals surface area contributed by atoms with Crippen molar-refractivity contribution >= 4 is 17.4 Å². The highest BCUT2D eigenvalue weighted by Gasteiger charge is 2.45. The molecule has 0 unspecified atom stereocenters. The maximum Gasteiger partial charge on any atom is 0.706 e. The third-order valence-corrected chi connectivity index (χ3v) is 3.68. The van der Waals surface area contributed by atoms with Gasteiger partial charge >= 0.3 is 9.05 Å². The van der Waals surface area contributed by atoms with Gasteiger partial charge in [-0.05, 0) is 19.6 Å².